The predicted octanol–water partition coefficient (Wildman–Crippen LogP) is 3.99. The van der Waals surface area contributed by atoms with E-state index in [1.165, 1.54) is 13.1 Å². The van der Waals surface area contributed by atoms with E-state index in [4.69, 9.17) is 0 Å². The Morgan fingerprint density at radius 1 is 1.17 bits per heavy atom. The van der Waals surface area contributed by atoms with Gasteiger partial charge >= 0.3 is 0 Å². The molecule has 0 atom stereocenters. The lowest BCUT2D eigenvalue weighted by Crippen LogP contribution is -2.33. The molecule has 0 unspecified atom stereocenters. The standard InChI is InChI=1S/C21H21N3O3S2/c1-16-22-20(15-28-16)18-9-6-10-19(13-18)23-21(25)14-24(2)29(26,27)12-11-17-7-4-3-5-8-17/h3-13,15H,14H2,1-2H3,(H,23,25)/b12-11+. The van der Waals surface area contributed by atoms with Crippen molar-refractivity contribution >= 4 is 39.0 Å². The summed E-state index contributed by atoms with van der Waals surface area (Å²) in [4.78, 5) is 16.8. The Morgan fingerprint density at radius 3 is 2.62 bits per heavy atom. The molecule has 0 radical (unpaired) electrons. The fraction of sp³-hybridized carbons (Fsp3) is 0.143. The van der Waals surface area contributed by atoms with Gasteiger partial charge in [-0.05, 0) is 30.7 Å². The van der Waals surface area contributed by atoms with Gasteiger partial charge in [-0.15, -0.1) is 11.3 Å². The molecule has 0 bridgehead atoms. The van der Waals surface area contributed by atoms with E-state index in [1.807, 2.05) is 48.7 Å². The van der Waals surface area contributed by atoms with Crippen molar-refractivity contribution in [2.45, 2.75) is 6.92 Å². The average Bonchev–Trinajstić information content (AvgIpc) is 3.14. The summed E-state index contributed by atoms with van der Waals surface area (Å²) in [6.07, 6.45) is 1.50. The highest BCUT2D eigenvalue weighted by atomic mass is 32.2. The minimum Gasteiger partial charge on any atom is -0.325 e. The van der Waals surface area contributed by atoms with Crippen molar-refractivity contribution < 1.29 is 13.2 Å². The Balaban J connectivity index is 1.63. The van der Waals surface area contributed by atoms with Crippen LogP contribution in [0.2, 0.25) is 0 Å². The van der Waals surface area contributed by atoms with Crippen LogP contribution in [0.3, 0.4) is 0 Å². The van der Waals surface area contributed by atoms with Crippen molar-refractivity contribution in [3.63, 3.8) is 0 Å². The number of hydrogen-bond donors (Lipinski definition) is 1. The third kappa shape index (κ3) is 5.83. The number of rotatable bonds is 7. The maximum absolute atomic E-state index is 12.4. The molecule has 0 aliphatic heterocycles. The topological polar surface area (TPSA) is 79.4 Å². The molecule has 1 aromatic heterocycles. The molecule has 1 N–H and O–H groups in total. The number of nitrogens with one attached hydrogen (secondary N) is 1. The zero-order valence-electron chi connectivity index (χ0n) is 16.1. The quantitative estimate of drug-likeness (QED) is 0.618. The Kier molecular flexibility index (Phi) is 6.58. The lowest BCUT2D eigenvalue weighted by atomic mass is 10.1. The summed E-state index contributed by atoms with van der Waals surface area (Å²) in [6.45, 7) is 1.64. The maximum atomic E-state index is 12.4. The summed E-state index contributed by atoms with van der Waals surface area (Å²) in [5.74, 6) is -0.421. The highest BCUT2D eigenvalue weighted by Crippen LogP contribution is 2.24. The molecule has 0 saturated carbocycles. The summed E-state index contributed by atoms with van der Waals surface area (Å²) < 4.78 is 25.8. The van der Waals surface area contributed by atoms with Gasteiger partial charge in [0.25, 0.3) is 0 Å². The number of carbonyl (C=O) groups excluding carboxylic acids is 1. The summed E-state index contributed by atoms with van der Waals surface area (Å²) in [6, 6.07) is 16.4. The minimum absolute atomic E-state index is 0.290. The van der Waals surface area contributed by atoms with Crippen molar-refractivity contribution in [2.75, 3.05) is 18.9 Å². The molecule has 1 amide bonds. The summed E-state index contributed by atoms with van der Waals surface area (Å²) in [5.41, 5.74) is 3.08. The number of nitrogens with zero attached hydrogens (tertiary/aromatic N) is 2. The molecule has 0 aliphatic carbocycles. The number of aromatic nitrogens is 1. The third-order valence-electron chi connectivity index (χ3n) is 4.09. The summed E-state index contributed by atoms with van der Waals surface area (Å²) in [5, 5.41) is 6.76. The monoisotopic (exact) mass is 427 g/mol. The first-order valence-electron chi connectivity index (χ1n) is 8.85. The van der Waals surface area contributed by atoms with E-state index in [0.717, 1.165) is 31.5 Å². The second-order valence-electron chi connectivity index (χ2n) is 6.40. The van der Waals surface area contributed by atoms with Gasteiger partial charge < -0.3 is 5.32 Å². The van der Waals surface area contributed by atoms with E-state index in [9.17, 15) is 13.2 Å². The van der Waals surface area contributed by atoms with Gasteiger partial charge in [-0.2, -0.15) is 4.31 Å². The van der Waals surface area contributed by atoms with Gasteiger partial charge in [0, 0.05) is 29.1 Å². The lowest BCUT2D eigenvalue weighted by molar-refractivity contribution is -0.116. The van der Waals surface area contributed by atoms with E-state index in [1.54, 1.807) is 29.5 Å². The number of amides is 1. The van der Waals surface area contributed by atoms with E-state index >= 15 is 0 Å². The van der Waals surface area contributed by atoms with Crippen molar-refractivity contribution in [3.05, 3.63) is 76.0 Å². The van der Waals surface area contributed by atoms with Crippen molar-refractivity contribution in [3.8, 4) is 11.3 Å². The van der Waals surface area contributed by atoms with E-state index in [2.05, 4.69) is 10.3 Å². The van der Waals surface area contributed by atoms with Crippen LogP contribution in [0.25, 0.3) is 17.3 Å². The van der Waals surface area contributed by atoms with Crippen LogP contribution in [0.4, 0.5) is 5.69 Å². The van der Waals surface area contributed by atoms with Crippen molar-refractivity contribution in [1.82, 2.24) is 9.29 Å². The SMILES string of the molecule is Cc1nc(-c2cccc(NC(=O)CN(C)S(=O)(=O)/C=C/c3ccccc3)c2)cs1. The Hall–Kier alpha value is -2.81. The maximum Gasteiger partial charge on any atom is 0.239 e. The number of thiazole rings is 1. The van der Waals surface area contributed by atoms with Crippen LogP contribution >= 0.6 is 11.3 Å². The van der Waals surface area contributed by atoms with Gasteiger partial charge in [0.1, 0.15) is 0 Å². The van der Waals surface area contributed by atoms with Crippen LogP contribution in [0.1, 0.15) is 10.6 Å². The number of likely N-dealkylation sites (N-methyl/N-ethyl adjacent to an activating group) is 1. The van der Waals surface area contributed by atoms with E-state index in [-0.39, 0.29) is 6.54 Å². The largest absolute Gasteiger partial charge is 0.325 e. The van der Waals surface area contributed by atoms with Gasteiger partial charge in [-0.1, -0.05) is 42.5 Å². The Bertz CT molecular complexity index is 1120. The van der Waals surface area contributed by atoms with Gasteiger partial charge in [-0.3, -0.25) is 4.79 Å². The number of anilines is 1. The van der Waals surface area contributed by atoms with Crippen LogP contribution in [0.15, 0.2) is 65.4 Å². The van der Waals surface area contributed by atoms with Gasteiger partial charge in [0.2, 0.25) is 15.9 Å². The number of carbonyl (C=O) groups is 1. The molecular weight excluding hydrogens is 406 g/mol. The van der Waals surface area contributed by atoms with Crippen LogP contribution in [-0.4, -0.2) is 37.2 Å². The smallest absolute Gasteiger partial charge is 0.239 e. The number of hydrogen-bond acceptors (Lipinski definition) is 5. The Morgan fingerprint density at radius 2 is 1.93 bits per heavy atom. The average molecular weight is 428 g/mol. The fourth-order valence-corrected chi connectivity index (χ4v) is 4.03. The third-order valence-corrected chi connectivity index (χ3v) is 6.35. The lowest BCUT2D eigenvalue weighted by Gasteiger charge is -2.14. The molecule has 0 spiro atoms. The molecule has 29 heavy (non-hydrogen) atoms. The molecule has 6 nitrogen and oxygen atoms in total. The highest BCUT2D eigenvalue weighted by molar-refractivity contribution is 7.92. The van der Waals surface area contributed by atoms with Gasteiger partial charge in [0.05, 0.1) is 17.2 Å². The molecule has 1 heterocycles. The summed E-state index contributed by atoms with van der Waals surface area (Å²) >= 11 is 1.55. The molecule has 0 aliphatic rings. The van der Waals surface area contributed by atoms with E-state index in [0.29, 0.717) is 5.69 Å². The first-order chi connectivity index (χ1) is 13.8. The molecular formula is C21H21N3O3S2. The van der Waals surface area contributed by atoms with Gasteiger partial charge in [-0.25, -0.2) is 13.4 Å². The fourth-order valence-electron chi connectivity index (χ4n) is 2.58. The van der Waals surface area contributed by atoms with Crippen molar-refractivity contribution in [2.24, 2.45) is 0 Å². The van der Waals surface area contributed by atoms with Crippen molar-refractivity contribution in [1.29, 1.82) is 0 Å². The first kappa shape index (κ1) is 20.9. The number of aryl methyl sites for hydroxylation is 1. The predicted molar refractivity (Wildman–Crippen MR) is 118 cm³/mol. The van der Waals surface area contributed by atoms with E-state index < -0.39 is 15.9 Å². The molecule has 2 aromatic carbocycles. The van der Waals surface area contributed by atoms with Crippen LogP contribution in [-0.2, 0) is 14.8 Å². The van der Waals surface area contributed by atoms with Gasteiger partial charge in [0.15, 0.2) is 0 Å². The van der Waals surface area contributed by atoms with Crippen LogP contribution < -0.4 is 5.32 Å². The zero-order chi connectivity index (χ0) is 20.9. The highest BCUT2D eigenvalue weighted by Gasteiger charge is 2.18. The summed E-state index contributed by atoms with van der Waals surface area (Å²) in [7, 11) is -2.34. The second kappa shape index (κ2) is 9.13. The second-order valence-corrected chi connectivity index (χ2v) is 9.38. The number of benzene rings is 2. The Labute approximate surface area is 174 Å². The molecule has 0 saturated heterocycles. The molecule has 150 valence electrons. The molecule has 0 fully saturated rings. The normalized spacial score (nSPS) is 11.8. The molecule has 8 heteroatoms. The number of sulfonamides is 1. The zero-order valence-corrected chi connectivity index (χ0v) is 17.7. The van der Waals surface area contributed by atoms with Crippen LogP contribution in [0, 0.1) is 6.92 Å². The molecule has 3 rings (SSSR count). The minimum atomic E-state index is -3.71. The first-order valence-corrected chi connectivity index (χ1v) is 11.2. The molecule has 3 aromatic rings. The van der Waals surface area contributed by atoms with Crippen LogP contribution in [0.5, 0.6) is 0 Å².